The predicted molar refractivity (Wildman–Crippen MR) is 114 cm³/mol. The van der Waals surface area contributed by atoms with Gasteiger partial charge in [0.2, 0.25) is 0 Å². The number of rotatable bonds is 5. The number of carbonyl (C=O) groups is 1. The highest BCUT2D eigenvalue weighted by molar-refractivity contribution is 7.93. The zero-order valence-electron chi connectivity index (χ0n) is 16.1. The summed E-state index contributed by atoms with van der Waals surface area (Å²) in [5.41, 5.74) is 0.635. The predicted octanol–water partition coefficient (Wildman–Crippen LogP) is 4.29. The van der Waals surface area contributed by atoms with Crippen molar-refractivity contribution in [2.24, 2.45) is 0 Å². The maximum absolute atomic E-state index is 13.4. The van der Waals surface area contributed by atoms with E-state index in [2.05, 4.69) is 5.32 Å². The molecule has 0 atom stereocenters. The van der Waals surface area contributed by atoms with Gasteiger partial charge in [-0.05, 0) is 54.6 Å². The highest BCUT2D eigenvalue weighted by Crippen LogP contribution is 2.40. The number of benzene rings is 3. The van der Waals surface area contributed by atoms with Crippen molar-refractivity contribution in [3.05, 3.63) is 77.1 Å². The zero-order valence-corrected chi connectivity index (χ0v) is 17.7. The molecule has 4 rings (SSSR count). The van der Waals surface area contributed by atoms with Crippen LogP contribution in [-0.2, 0) is 10.0 Å². The van der Waals surface area contributed by atoms with E-state index in [9.17, 15) is 17.6 Å². The Bertz CT molecular complexity index is 1280. The van der Waals surface area contributed by atoms with E-state index in [1.54, 1.807) is 6.07 Å². The van der Waals surface area contributed by atoms with Gasteiger partial charge in [0, 0.05) is 16.3 Å². The first kappa shape index (κ1) is 21.0. The fourth-order valence-corrected chi connectivity index (χ4v) is 4.86. The van der Waals surface area contributed by atoms with Crippen molar-refractivity contribution >= 4 is 38.9 Å². The molecule has 7 nitrogen and oxygen atoms in total. The fourth-order valence-electron chi connectivity index (χ4n) is 3.11. The van der Waals surface area contributed by atoms with E-state index in [1.807, 2.05) is 0 Å². The summed E-state index contributed by atoms with van der Waals surface area (Å²) in [4.78, 5) is 12.5. The Hall–Kier alpha value is -3.30. The van der Waals surface area contributed by atoms with Crippen LogP contribution in [0, 0.1) is 5.82 Å². The number of nitrogens with zero attached hydrogens (tertiary/aromatic N) is 1. The van der Waals surface area contributed by atoms with Crippen LogP contribution in [0.2, 0.25) is 5.02 Å². The third-order valence-electron chi connectivity index (χ3n) is 4.60. The molecular formula is C21H16ClFN2O5S. The lowest BCUT2D eigenvalue weighted by Crippen LogP contribution is -2.30. The van der Waals surface area contributed by atoms with Gasteiger partial charge in [-0.2, -0.15) is 0 Å². The fraction of sp³-hybridized carbons (Fsp3) is 0.0952. The van der Waals surface area contributed by atoms with E-state index in [4.69, 9.17) is 21.1 Å². The van der Waals surface area contributed by atoms with Gasteiger partial charge in [0.1, 0.15) is 22.2 Å². The average molecular weight is 463 g/mol. The first-order chi connectivity index (χ1) is 14.8. The van der Waals surface area contributed by atoms with Gasteiger partial charge in [0.05, 0.1) is 12.8 Å². The summed E-state index contributed by atoms with van der Waals surface area (Å²) in [6.45, 7) is -0.275. The van der Waals surface area contributed by atoms with Gasteiger partial charge in [0.25, 0.3) is 15.9 Å². The molecule has 1 aliphatic rings. The van der Waals surface area contributed by atoms with Crippen molar-refractivity contribution in [2.45, 2.75) is 4.90 Å². The minimum absolute atomic E-state index is 0.123. The van der Waals surface area contributed by atoms with Gasteiger partial charge in [-0.25, -0.2) is 17.1 Å². The lowest BCUT2D eigenvalue weighted by molar-refractivity contribution is 0.102. The Kier molecular flexibility index (Phi) is 5.47. The third kappa shape index (κ3) is 4.01. The summed E-state index contributed by atoms with van der Waals surface area (Å²) in [6.07, 6.45) is 0. The van der Waals surface area contributed by atoms with E-state index in [-0.39, 0.29) is 39.3 Å². The molecular weight excluding hydrogens is 447 g/mol. The molecule has 3 aromatic carbocycles. The summed E-state index contributed by atoms with van der Waals surface area (Å²) in [5.74, 6) is -0.601. The van der Waals surface area contributed by atoms with E-state index >= 15 is 0 Å². The normalized spacial score (nSPS) is 12.8. The third-order valence-corrected chi connectivity index (χ3v) is 6.60. The van der Waals surface area contributed by atoms with Gasteiger partial charge in [-0.3, -0.25) is 4.79 Å². The summed E-state index contributed by atoms with van der Waals surface area (Å²) in [7, 11) is -2.75. The number of anilines is 2. The largest absolute Gasteiger partial charge is 0.495 e. The molecule has 0 aliphatic carbocycles. The summed E-state index contributed by atoms with van der Waals surface area (Å²) < 4.78 is 51.7. The van der Waals surface area contributed by atoms with Crippen LogP contribution in [0.1, 0.15) is 10.4 Å². The van der Waals surface area contributed by atoms with Crippen LogP contribution in [0.5, 0.6) is 11.5 Å². The molecule has 1 aliphatic heterocycles. The number of ether oxygens (including phenoxy) is 2. The summed E-state index contributed by atoms with van der Waals surface area (Å²) in [6, 6.07) is 14.1. The SMILES string of the molecule is COc1ccc(Cl)cc1S(=O)(=O)N1COc2ccc(C(=O)Nc3cccc(F)c3)cc21. The Balaban J connectivity index is 1.68. The van der Waals surface area contributed by atoms with Crippen LogP contribution in [0.15, 0.2) is 65.6 Å². The number of hydrogen-bond donors (Lipinski definition) is 1. The number of carbonyl (C=O) groups excluding carboxylic acids is 1. The maximum atomic E-state index is 13.4. The topological polar surface area (TPSA) is 84.9 Å². The van der Waals surface area contributed by atoms with Crippen LogP contribution in [-0.4, -0.2) is 28.2 Å². The Labute approximate surface area is 183 Å². The maximum Gasteiger partial charge on any atom is 0.270 e. The van der Waals surface area contributed by atoms with Crippen LogP contribution in [0.3, 0.4) is 0 Å². The van der Waals surface area contributed by atoms with Crippen molar-refractivity contribution in [3.63, 3.8) is 0 Å². The standard InChI is InChI=1S/C21H16ClFN2O5S/c1-29-19-8-6-14(22)10-20(19)31(27,28)25-12-30-18-7-5-13(9-17(18)25)21(26)24-16-4-2-3-15(23)11-16/h2-11H,12H2,1H3,(H,24,26). The average Bonchev–Trinajstić information content (AvgIpc) is 3.18. The van der Waals surface area contributed by atoms with Gasteiger partial charge >= 0.3 is 0 Å². The zero-order chi connectivity index (χ0) is 22.2. The number of halogens is 2. The number of fused-ring (bicyclic) bond motifs is 1. The van der Waals surface area contributed by atoms with Crippen LogP contribution < -0.4 is 19.1 Å². The molecule has 1 N–H and O–H groups in total. The van der Waals surface area contributed by atoms with Crippen molar-refractivity contribution in [3.8, 4) is 11.5 Å². The number of amides is 1. The quantitative estimate of drug-likeness (QED) is 0.611. The van der Waals surface area contributed by atoms with Gasteiger partial charge in [0.15, 0.2) is 6.73 Å². The van der Waals surface area contributed by atoms with E-state index < -0.39 is 21.7 Å². The number of sulfonamides is 1. The van der Waals surface area contributed by atoms with Crippen molar-refractivity contribution in [1.29, 1.82) is 0 Å². The second kappa shape index (κ2) is 8.09. The smallest absolute Gasteiger partial charge is 0.270 e. The lowest BCUT2D eigenvalue weighted by atomic mass is 10.1. The second-order valence-electron chi connectivity index (χ2n) is 6.57. The van der Waals surface area contributed by atoms with Crippen LogP contribution >= 0.6 is 11.6 Å². The minimum Gasteiger partial charge on any atom is -0.495 e. The number of nitrogens with one attached hydrogen (secondary N) is 1. The van der Waals surface area contributed by atoms with Crippen molar-refractivity contribution < 1.29 is 27.1 Å². The molecule has 1 amide bonds. The van der Waals surface area contributed by atoms with Gasteiger partial charge < -0.3 is 14.8 Å². The minimum atomic E-state index is -4.11. The molecule has 0 saturated heterocycles. The molecule has 160 valence electrons. The van der Waals surface area contributed by atoms with E-state index in [0.29, 0.717) is 5.75 Å². The van der Waals surface area contributed by atoms with Crippen molar-refractivity contribution in [1.82, 2.24) is 0 Å². The van der Waals surface area contributed by atoms with Crippen LogP contribution in [0.25, 0.3) is 0 Å². The van der Waals surface area contributed by atoms with Gasteiger partial charge in [-0.1, -0.05) is 17.7 Å². The Morgan fingerprint density at radius 3 is 2.71 bits per heavy atom. The summed E-state index contributed by atoms with van der Waals surface area (Å²) in [5, 5.41) is 2.80. The molecule has 31 heavy (non-hydrogen) atoms. The first-order valence-corrected chi connectivity index (χ1v) is 10.8. The molecule has 0 bridgehead atoms. The molecule has 1 heterocycles. The van der Waals surface area contributed by atoms with E-state index in [0.717, 1.165) is 4.31 Å². The van der Waals surface area contributed by atoms with E-state index in [1.165, 1.54) is 61.7 Å². The Morgan fingerprint density at radius 2 is 1.97 bits per heavy atom. The second-order valence-corrected chi connectivity index (χ2v) is 8.84. The monoisotopic (exact) mass is 462 g/mol. The molecule has 0 spiro atoms. The summed E-state index contributed by atoms with van der Waals surface area (Å²) >= 11 is 5.99. The molecule has 10 heteroatoms. The molecule has 0 unspecified atom stereocenters. The molecule has 0 radical (unpaired) electrons. The first-order valence-electron chi connectivity index (χ1n) is 8.99. The molecule has 0 aromatic heterocycles. The number of methoxy groups -OCH3 is 1. The molecule has 0 saturated carbocycles. The van der Waals surface area contributed by atoms with Crippen LogP contribution in [0.4, 0.5) is 15.8 Å². The highest BCUT2D eigenvalue weighted by atomic mass is 35.5. The van der Waals surface area contributed by atoms with Gasteiger partial charge in [-0.15, -0.1) is 0 Å². The molecule has 3 aromatic rings. The highest BCUT2D eigenvalue weighted by Gasteiger charge is 2.35. The molecule has 0 fully saturated rings. The Morgan fingerprint density at radius 1 is 1.16 bits per heavy atom. The lowest BCUT2D eigenvalue weighted by Gasteiger charge is -2.19. The number of hydrogen-bond acceptors (Lipinski definition) is 5. The van der Waals surface area contributed by atoms with Crippen molar-refractivity contribution in [2.75, 3.05) is 23.5 Å².